The van der Waals surface area contributed by atoms with Crippen LogP contribution in [0.15, 0.2) is 40.4 Å². The molecule has 1 atom stereocenters. The Kier molecular flexibility index (Phi) is 4.71. The van der Waals surface area contributed by atoms with E-state index in [4.69, 9.17) is 0 Å². The zero-order valence-electron chi connectivity index (χ0n) is 10.8. The molecule has 0 bridgehead atoms. The first-order valence-corrected chi connectivity index (χ1v) is 7.65. The van der Waals surface area contributed by atoms with Crippen LogP contribution in [0.1, 0.15) is 22.2 Å². The topological polar surface area (TPSA) is 33.2 Å². The van der Waals surface area contributed by atoms with Crippen LogP contribution in [0.5, 0.6) is 0 Å². The summed E-state index contributed by atoms with van der Waals surface area (Å²) in [5, 5.41) is 2.06. The van der Waals surface area contributed by atoms with Crippen molar-refractivity contribution >= 4 is 33.2 Å². The van der Waals surface area contributed by atoms with Crippen molar-refractivity contribution < 1.29 is 4.79 Å². The van der Waals surface area contributed by atoms with Crippen LogP contribution in [0.4, 0.5) is 0 Å². The summed E-state index contributed by atoms with van der Waals surface area (Å²) < 4.78 is 0.817. The molecular weight excluding hydrogens is 324 g/mol. The molecule has 0 saturated carbocycles. The highest BCUT2D eigenvalue weighted by atomic mass is 79.9. The highest BCUT2D eigenvalue weighted by molar-refractivity contribution is 9.10. The summed E-state index contributed by atoms with van der Waals surface area (Å²) in [7, 11) is 1.83. The maximum absolute atomic E-state index is 12.3. The number of thiophene rings is 1. The SMILES string of the molecule is CC(Cc1cccs1)N(C)C(=O)c1cncc(Br)c1. The third kappa shape index (κ3) is 3.64. The van der Waals surface area contributed by atoms with Crippen LogP contribution in [0, 0.1) is 0 Å². The van der Waals surface area contributed by atoms with E-state index >= 15 is 0 Å². The molecule has 5 heteroatoms. The van der Waals surface area contributed by atoms with Crippen molar-refractivity contribution in [2.45, 2.75) is 19.4 Å². The summed E-state index contributed by atoms with van der Waals surface area (Å²) in [6.45, 7) is 2.06. The first-order valence-electron chi connectivity index (χ1n) is 5.98. The lowest BCUT2D eigenvalue weighted by Gasteiger charge is -2.24. The molecule has 2 heterocycles. The van der Waals surface area contributed by atoms with E-state index in [9.17, 15) is 4.79 Å². The summed E-state index contributed by atoms with van der Waals surface area (Å²) in [4.78, 5) is 19.4. The molecule has 0 N–H and O–H groups in total. The van der Waals surface area contributed by atoms with Crippen molar-refractivity contribution in [3.8, 4) is 0 Å². The van der Waals surface area contributed by atoms with Gasteiger partial charge in [0.25, 0.3) is 5.91 Å². The molecule has 0 spiro atoms. The molecule has 0 radical (unpaired) electrons. The van der Waals surface area contributed by atoms with Crippen molar-refractivity contribution in [2.75, 3.05) is 7.05 Å². The highest BCUT2D eigenvalue weighted by Gasteiger charge is 2.18. The molecule has 2 aromatic heterocycles. The third-order valence-corrected chi connectivity index (χ3v) is 4.34. The number of halogens is 1. The van der Waals surface area contributed by atoms with Gasteiger partial charge in [0.15, 0.2) is 0 Å². The molecular formula is C14H15BrN2OS. The molecule has 0 aliphatic carbocycles. The van der Waals surface area contributed by atoms with Crippen LogP contribution < -0.4 is 0 Å². The van der Waals surface area contributed by atoms with Gasteiger partial charge in [-0.2, -0.15) is 0 Å². The van der Waals surface area contributed by atoms with Crippen molar-refractivity contribution in [3.63, 3.8) is 0 Å². The summed E-state index contributed by atoms with van der Waals surface area (Å²) in [6.07, 6.45) is 4.15. The summed E-state index contributed by atoms with van der Waals surface area (Å²) in [5.41, 5.74) is 0.606. The number of carbonyl (C=O) groups excluding carboxylic acids is 1. The van der Waals surface area contributed by atoms with E-state index in [0.29, 0.717) is 5.56 Å². The number of aromatic nitrogens is 1. The smallest absolute Gasteiger partial charge is 0.255 e. The van der Waals surface area contributed by atoms with Crippen molar-refractivity contribution in [1.82, 2.24) is 9.88 Å². The van der Waals surface area contributed by atoms with E-state index in [2.05, 4.69) is 39.3 Å². The fourth-order valence-corrected chi connectivity index (χ4v) is 2.98. The minimum atomic E-state index is -0.00199. The van der Waals surface area contributed by atoms with Crippen molar-refractivity contribution in [2.24, 2.45) is 0 Å². The number of likely N-dealkylation sites (N-methyl/N-ethyl adjacent to an activating group) is 1. The Morgan fingerprint density at radius 2 is 2.32 bits per heavy atom. The Hall–Kier alpha value is -1.20. The lowest BCUT2D eigenvalue weighted by Crippen LogP contribution is -2.36. The Morgan fingerprint density at radius 3 is 2.95 bits per heavy atom. The second-order valence-corrected chi connectivity index (χ2v) is 6.39. The third-order valence-electron chi connectivity index (χ3n) is 3.01. The lowest BCUT2D eigenvalue weighted by molar-refractivity contribution is 0.0743. The number of amides is 1. The van der Waals surface area contributed by atoms with Gasteiger partial charge in [0.2, 0.25) is 0 Å². The summed E-state index contributed by atoms with van der Waals surface area (Å²) in [6, 6.07) is 6.08. The highest BCUT2D eigenvalue weighted by Crippen LogP contribution is 2.16. The van der Waals surface area contributed by atoms with Crippen molar-refractivity contribution in [3.05, 3.63) is 50.9 Å². The van der Waals surface area contributed by atoms with Gasteiger partial charge in [0.05, 0.1) is 5.56 Å². The van der Waals surface area contributed by atoms with Gasteiger partial charge in [-0.15, -0.1) is 11.3 Å². The molecule has 2 rings (SSSR count). The Morgan fingerprint density at radius 1 is 1.53 bits per heavy atom. The quantitative estimate of drug-likeness (QED) is 0.853. The maximum Gasteiger partial charge on any atom is 0.255 e. The molecule has 0 aliphatic rings. The molecule has 1 unspecified atom stereocenters. The van der Waals surface area contributed by atoms with Gasteiger partial charge >= 0.3 is 0 Å². The largest absolute Gasteiger partial charge is 0.339 e. The fraction of sp³-hybridized carbons (Fsp3) is 0.286. The van der Waals surface area contributed by atoms with Gasteiger partial charge < -0.3 is 4.90 Å². The fourth-order valence-electron chi connectivity index (χ4n) is 1.79. The normalized spacial score (nSPS) is 12.2. The Bertz CT molecular complexity index is 556. The van der Waals surface area contributed by atoms with Crippen LogP contribution in [0.25, 0.3) is 0 Å². The Balaban J connectivity index is 2.06. The maximum atomic E-state index is 12.3. The van der Waals surface area contributed by atoms with E-state index in [1.807, 2.05) is 13.1 Å². The van der Waals surface area contributed by atoms with E-state index in [0.717, 1.165) is 10.9 Å². The number of hydrogen-bond donors (Lipinski definition) is 0. The van der Waals surface area contributed by atoms with E-state index in [1.54, 1.807) is 34.7 Å². The monoisotopic (exact) mass is 338 g/mol. The molecule has 19 heavy (non-hydrogen) atoms. The molecule has 3 nitrogen and oxygen atoms in total. The average Bonchev–Trinajstić information content (AvgIpc) is 2.89. The molecule has 0 saturated heterocycles. The number of rotatable bonds is 4. The number of carbonyl (C=O) groups is 1. The number of hydrogen-bond acceptors (Lipinski definition) is 3. The van der Waals surface area contributed by atoms with Gasteiger partial charge in [-0.25, -0.2) is 0 Å². The molecule has 0 aromatic carbocycles. The average molecular weight is 339 g/mol. The van der Waals surface area contributed by atoms with Crippen LogP contribution >= 0.6 is 27.3 Å². The van der Waals surface area contributed by atoms with Crippen molar-refractivity contribution in [1.29, 1.82) is 0 Å². The summed E-state index contributed by atoms with van der Waals surface area (Å²) in [5.74, 6) is -0.00199. The zero-order valence-corrected chi connectivity index (χ0v) is 13.2. The minimum Gasteiger partial charge on any atom is -0.339 e. The lowest BCUT2D eigenvalue weighted by atomic mass is 10.1. The van der Waals surface area contributed by atoms with Crippen LogP contribution in [0.2, 0.25) is 0 Å². The number of pyridine rings is 1. The van der Waals surface area contributed by atoms with Gasteiger partial charge in [-0.05, 0) is 40.4 Å². The van der Waals surface area contributed by atoms with E-state index in [-0.39, 0.29) is 11.9 Å². The number of nitrogens with zero attached hydrogens (tertiary/aromatic N) is 2. The van der Waals surface area contributed by atoms with Crippen LogP contribution in [-0.2, 0) is 6.42 Å². The zero-order chi connectivity index (χ0) is 13.8. The molecule has 1 amide bonds. The predicted octanol–water partition coefficient (Wildman–Crippen LogP) is 3.61. The molecule has 0 aliphatic heterocycles. The molecule has 0 fully saturated rings. The van der Waals surface area contributed by atoms with E-state index in [1.165, 1.54) is 4.88 Å². The van der Waals surface area contributed by atoms with Crippen LogP contribution in [-0.4, -0.2) is 28.9 Å². The standard InChI is InChI=1S/C14H15BrN2OS/c1-10(6-13-4-3-5-19-13)17(2)14(18)11-7-12(15)9-16-8-11/h3-5,7-10H,6H2,1-2H3. The second-order valence-electron chi connectivity index (χ2n) is 4.44. The van der Waals surface area contributed by atoms with E-state index < -0.39 is 0 Å². The van der Waals surface area contributed by atoms with Gasteiger partial charge in [-0.1, -0.05) is 6.07 Å². The molecule has 2 aromatic rings. The van der Waals surface area contributed by atoms with Gasteiger partial charge in [0, 0.05) is 41.3 Å². The van der Waals surface area contributed by atoms with Gasteiger partial charge in [0.1, 0.15) is 0 Å². The first-order chi connectivity index (χ1) is 9.08. The molecule has 100 valence electrons. The first kappa shape index (κ1) is 14.2. The van der Waals surface area contributed by atoms with Gasteiger partial charge in [-0.3, -0.25) is 9.78 Å². The van der Waals surface area contributed by atoms with Crippen LogP contribution in [0.3, 0.4) is 0 Å². The Labute approximate surface area is 125 Å². The summed E-state index contributed by atoms with van der Waals surface area (Å²) >= 11 is 5.05. The second kappa shape index (κ2) is 6.30. The minimum absolute atomic E-state index is 0.00199. The predicted molar refractivity (Wildman–Crippen MR) is 81.5 cm³/mol.